The van der Waals surface area contributed by atoms with Gasteiger partial charge in [-0.2, -0.15) is 0 Å². The molecule has 74 valence electrons. The van der Waals surface area contributed by atoms with Crippen molar-refractivity contribution in [3.63, 3.8) is 0 Å². The molecule has 0 saturated heterocycles. The maximum atomic E-state index is 6.13. The molecule has 1 heterocycles. The summed E-state index contributed by atoms with van der Waals surface area (Å²) in [4.78, 5) is 1.37. The lowest BCUT2D eigenvalue weighted by atomic mass is 10.1. The van der Waals surface area contributed by atoms with Gasteiger partial charge in [-0.05, 0) is 31.0 Å². The van der Waals surface area contributed by atoms with Crippen LogP contribution in [0.15, 0.2) is 18.2 Å². The molecule has 0 saturated carbocycles. The van der Waals surface area contributed by atoms with E-state index in [2.05, 4.69) is 18.3 Å². The minimum atomic E-state index is 0.859. The summed E-state index contributed by atoms with van der Waals surface area (Å²) in [6.45, 7) is 3.07. The van der Waals surface area contributed by atoms with Crippen molar-refractivity contribution in [2.24, 2.45) is 0 Å². The van der Waals surface area contributed by atoms with Crippen LogP contribution in [-0.2, 0) is 6.54 Å². The summed E-state index contributed by atoms with van der Waals surface area (Å²) in [5.74, 6) is 0. The molecule has 0 amide bonds. The Morgan fingerprint density at radius 1 is 1.43 bits per heavy atom. The zero-order valence-corrected chi connectivity index (χ0v) is 9.80. The summed E-state index contributed by atoms with van der Waals surface area (Å²) < 4.78 is 1.21. The van der Waals surface area contributed by atoms with Crippen molar-refractivity contribution in [3.05, 3.63) is 33.7 Å². The van der Waals surface area contributed by atoms with Gasteiger partial charge in [-0.1, -0.05) is 23.7 Å². The number of benzene rings is 1. The Morgan fingerprint density at radius 2 is 2.21 bits per heavy atom. The lowest BCUT2D eigenvalue weighted by Crippen LogP contribution is -2.03. The summed E-state index contributed by atoms with van der Waals surface area (Å²) in [6.07, 6.45) is 0. The van der Waals surface area contributed by atoms with Gasteiger partial charge in [0.1, 0.15) is 0 Å². The fourth-order valence-corrected chi connectivity index (χ4v) is 3.10. The van der Waals surface area contributed by atoms with Crippen molar-refractivity contribution < 1.29 is 0 Å². The first-order valence-electron chi connectivity index (χ1n) is 4.55. The highest BCUT2D eigenvalue weighted by Gasteiger charge is 2.09. The van der Waals surface area contributed by atoms with Gasteiger partial charge in [0.05, 0.1) is 9.72 Å². The van der Waals surface area contributed by atoms with Crippen LogP contribution in [0.25, 0.3) is 10.1 Å². The Labute approximate surface area is 92.7 Å². The van der Waals surface area contributed by atoms with Gasteiger partial charge in [0.15, 0.2) is 0 Å². The van der Waals surface area contributed by atoms with E-state index in [0.717, 1.165) is 11.6 Å². The lowest BCUT2D eigenvalue weighted by molar-refractivity contribution is 0.827. The molecule has 0 radical (unpaired) electrons. The molecule has 0 fully saturated rings. The molecule has 3 heteroatoms. The molecular weight excluding hydrogens is 214 g/mol. The van der Waals surface area contributed by atoms with E-state index in [1.165, 1.54) is 20.5 Å². The van der Waals surface area contributed by atoms with Crippen molar-refractivity contribution in [2.75, 3.05) is 7.05 Å². The highest BCUT2D eigenvalue weighted by atomic mass is 35.5. The molecule has 14 heavy (non-hydrogen) atoms. The number of rotatable bonds is 2. The second-order valence-corrected chi connectivity index (χ2v) is 4.81. The molecular formula is C11H12ClNS. The SMILES string of the molecule is CNCc1sc2c(Cl)cccc2c1C. The smallest absolute Gasteiger partial charge is 0.0584 e. The molecule has 2 rings (SSSR count). The molecule has 0 spiro atoms. The van der Waals surface area contributed by atoms with Crippen molar-refractivity contribution in [3.8, 4) is 0 Å². The zero-order valence-electron chi connectivity index (χ0n) is 8.23. The number of halogens is 1. The molecule has 1 aromatic carbocycles. The molecule has 0 unspecified atom stereocenters. The fraction of sp³-hybridized carbons (Fsp3) is 0.273. The first kappa shape index (κ1) is 9.97. The Bertz CT molecular complexity index is 462. The molecule has 0 bridgehead atoms. The van der Waals surface area contributed by atoms with Crippen LogP contribution in [0, 0.1) is 6.92 Å². The summed E-state index contributed by atoms with van der Waals surface area (Å²) >= 11 is 7.91. The van der Waals surface area contributed by atoms with Gasteiger partial charge in [0.25, 0.3) is 0 Å². The number of nitrogens with one attached hydrogen (secondary N) is 1. The fourth-order valence-electron chi connectivity index (χ4n) is 1.59. The van der Waals surface area contributed by atoms with E-state index >= 15 is 0 Å². The van der Waals surface area contributed by atoms with Crippen LogP contribution in [0.5, 0.6) is 0 Å². The topological polar surface area (TPSA) is 12.0 Å². The molecule has 2 aromatic rings. The van der Waals surface area contributed by atoms with Crippen LogP contribution in [0.2, 0.25) is 5.02 Å². The normalized spacial score (nSPS) is 11.1. The quantitative estimate of drug-likeness (QED) is 0.824. The van der Waals surface area contributed by atoms with Gasteiger partial charge >= 0.3 is 0 Å². The first-order chi connectivity index (χ1) is 6.74. The molecule has 0 aliphatic carbocycles. The van der Waals surface area contributed by atoms with Crippen molar-refractivity contribution in [1.82, 2.24) is 5.32 Å². The van der Waals surface area contributed by atoms with Gasteiger partial charge < -0.3 is 5.32 Å². The monoisotopic (exact) mass is 225 g/mol. The number of fused-ring (bicyclic) bond motifs is 1. The van der Waals surface area contributed by atoms with E-state index in [1.54, 1.807) is 11.3 Å². The predicted octanol–water partition coefficient (Wildman–Crippen LogP) is 3.58. The van der Waals surface area contributed by atoms with E-state index < -0.39 is 0 Å². The van der Waals surface area contributed by atoms with Crippen molar-refractivity contribution >= 4 is 33.0 Å². The number of hydrogen-bond acceptors (Lipinski definition) is 2. The van der Waals surface area contributed by atoms with Crippen molar-refractivity contribution in [2.45, 2.75) is 13.5 Å². The average molecular weight is 226 g/mol. The summed E-state index contributed by atoms with van der Waals surface area (Å²) in [6, 6.07) is 6.09. The Kier molecular flexibility index (Phi) is 2.77. The van der Waals surface area contributed by atoms with Crippen LogP contribution in [0.1, 0.15) is 10.4 Å². The second kappa shape index (κ2) is 3.89. The van der Waals surface area contributed by atoms with Crippen LogP contribution < -0.4 is 5.32 Å². The lowest BCUT2D eigenvalue weighted by Gasteiger charge is -1.96. The van der Waals surface area contributed by atoms with E-state index in [-0.39, 0.29) is 0 Å². The van der Waals surface area contributed by atoms with Crippen LogP contribution >= 0.6 is 22.9 Å². The van der Waals surface area contributed by atoms with Gasteiger partial charge in [0, 0.05) is 11.4 Å². The standard InChI is InChI=1S/C11H12ClNS/c1-7-8-4-3-5-9(12)11(8)14-10(7)6-13-2/h3-5,13H,6H2,1-2H3. The largest absolute Gasteiger partial charge is 0.315 e. The Morgan fingerprint density at radius 3 is 2.86 bits per heavy atom. The first-order valence-corrected chi connectivity index (χ1v) is 5.74. The number of hydrogen-bond donors (Lipinski definition) is 1. The number of thiophene rings is 1. The molecule has 0 aliphatic rings. The molecule has 1 nitrogen and oxygen atoms in total. The third-order valence-electron chi connectivity index (χ3n) is 2.35. The Balaban J connectivity index is 2.67. The second-order valence-electron chi connectivity index (χ2n) is 3.30. The van der Waals surface area contributed by atoms with Crippen LogP contribution in [0.3, 0.4) is 0 Å². The summed E-state index contributed by atoms with van der Waals surface area (Å²) in [5, 5.41) is 5.32. The third-order valence-corrected chi connectivity index (χ3v) is 4.12. The average Bonchev–Trinajstić information content (AvgIpc) is 2.48. The van der Waals surface area contributed by atoms with E-state index in [0.29, 0.717) is 0 Å². The number of aryl methyl sites for hydroxylation is 1. The summed E-state index contributed by atoms with van der Waals surface area (Å²) in [7, 11) is 1.96. The highest BCUT2D eigenvalue weighted by Crippen LogP contribution is 2.35. The van der Waals surface area contributed by atoms with Gasteiger partial charge in [0.2, 0.25) is 0 Å². The molecule has 1 aromatic heterocycles. The minimum absolute atomic E-state index is 0.859. The minimum Gasteiger partial charge on any atom is -0.315 e. The van der Waals surface area contributed by atoms with E-state index in [9.17, 15) is 0 Å². The Hall–Kier alpha value is -0.570. The van der Waals surface area contributed by atoms with Crippen molar-refractivity contribution in [1.29, 1.82) is 0 Å². The summed E-state index contributed by atoms with van der Waals surface area (Å²) in [5.41, 5.74) is 1.35. The van der Waals surface area contributed by atoms with E-state index in [4.69, 9.17) is 11.6 Å². The highest BCUT2D eigenvalue weighted by molar-refractivity contribution is 7.20. The third kappa shape index (κ3) is 1.54. The maximum Gasteiger partial charge on any atom is 0.0584 e. The van der Waals surface area contributed by atoms with Gasteiger partial charge in [-0.15, -0.1) is 11.3 Å². The molecule has 0 atom stereocenters. The maximum absolute atomic E-state index is 6.13. The van der Waals surface area contributed by atoms with Gasteiger partial charge in [-0.25, -0.2) is 0 Å². The van der Waals surface area contributed by atoms with E-state index in [1.807, 2.05) is 19.2 Å². The predicted molar refractivity (Wildman–Crippen MR) is 64.3 cm³/mol. The molecule has 0 aliphatic heterocycles. The van der Waals surface area contributed by atoms with Crippen LogP contribution in [0.4, 0.5) is 0 Å². The zero-order chi connectivity index (χ0) is 10.1. The van der Waals surface area contributed by atoms with Gasteiger partial charge in [-0.3, -0.25) is 0 Å². The van der Waals surface area contributed by atoms with Crippen LogP contribution in [-0.4, -0.2) is 7.05 Å². The molecule has 1 N–H and O–H groups in total.